The van der Waals surface area contributed by atoms with E-state index in [0.29, 0.717) is 57.3 Å². The molecule has 9 nitrogen and oxygen atoms in total. The molecule has 0 radical (unpaired) electrons. The van der Waals surface area contributed by atoms with Gasteiger partial charge in [0.1, 0.15) is 15.8 Å². The summed E-state index contributed by atoms with van der Waals surface area (Å²) in [6, 6.07) is 9.38. The van der Waals surface area contributed by atoms with Gasteiger partial charge in [-0.05, 0) is 61.6 Å². The van der Waals surface area contributed by atoms with Crippen LogP contribution in [0.4, 0.5) is 5.82 Å². The van der Waals surface area contributed by atoms with Crippen LogP contribution in [-0.2, 0) is 16.0 Å². The average molecular weight is 567 g/mol. The first kappa shape index (κ1) is 27.2. The average Bonchev–Trinajstić information content (AvgIpc) is 3.56. The molecule has 2 aliphatic heterocycles. The number of amides is 1. The van der Waals surface area contributed by atoms with Crippen molar-refractivity contribution in [3.05, 3.63) is 68.5 Å². The summed E-state index contributed by atoms with van der Waals surface area (Å²) < 4.78 is 18.4. The number of nitrogens with zero attached hydrogens (tertiary/aromatic N) is 3. The summed E-state index contributed by atoms with van der Waals surface area (Å²) in [6.07, 6.45) is 5.90. The highest BCUT2D eigenvalue weighted by Crippen LogP contribution is 2.34. The van der Waals surface area contributed by atoms with Crippen LogP contribution in [0.15, 0.2) is 46.2 Å². The van der Waals surface area contributed by atoms with Crippen molar-refractivity contribution in [1.82, 2.24) is 14.3 Å². The lowest BCUT2D eigenvalue weighted by atomic mass is 10.1. The summed E-state index contributed by atoms with van der Waals surface area (Å²) >= 11 is 6.74. The molecule has 0 spiro atoms. The number of carbonyl (C=O) groups is 1. The van der Waals surface area contributed by atoms with Gasteiger partial charge in [0, 0.05) is 25.9 Å². The number of thiocarbonyl (C=S) groups is 1. The second-order valence-electron chi connectivity index (χ2n) is 9.35. The highest BCUT2D eigenvalue weighted by Gasteiger charge is 2.32. The second kappa shape index (κ2) is 11.8. The molecule has 11 heteroatoms. The number of benzene rings is 1. The molecule has 1 N–H and O–H groups in total. The Labute approximate surface area is 236 Å². The van der Waals surface area contributed by atoms with E-state index in [1.54, 1.807) is 31.4 Å². The fourth-order valence-corrected chi connectivity index (χ4v) is 5.98. The Balaban J connectivity index is 1.42. The van der Waals surface area contributed by atoms with Crippen molar-refractivity contribution in [3.63, 3.8) is 0 Å². The van der Waals surface area contributed by atoms with Gasteiger partial charge in [0.15, 0.2) is 11.5 Å². The number of pyridine rings is 1. The van der Waals surface area contributed by atoms with E-state index in [1.165, 1.54) is 16.2 Å². The van der Waals surface area contributed by atoms with Gasteiger partial charge < -0.3 is 19.5 Å². The van der Waals surface area contributed by atoms with Gasteiger partial charge in [-0.1, -0.05) is 36.1 Å². The van der Waals surface area contributed by atoms with Gasteiger partial charge >= 0.3 is 0 Å². The minimum Gasteiger partial charge on any atom is -0.493 e. The Kier molecular flexibility index (Phi) is 8.20. The topological polar surface area (TPSA) is 94.4 Å². The van der Waals surface area contributed by atoms with Crippen LogP contribution < -0.4 is 20.3 Å². The van der Waals surface area contributed by atoms with E-state index < -0.39 is 0 Å². The van der Waals surface area contributed by atoms with Gasteiger partial charge in [-0.3, -0.25) is 18.9 Å². The second-order valence-corrected chi connectivity index (χ2v) is 11.0. The smallest absolute Gasteiger partial charge is 0.267 e. The molecule has 0 bridgehead atoms. The molecule has 204 valence electrons. The number of thioether (sulfide) groups is 1. The van der Waals surface area contributed by atoms with Gasteiger partial charge in [-0.2, -0.15) is 0 Å². The van der Waals surface area contributed by atoms with E-state index >= 15 is 0 Å². The number of ether oxygens (including phenoxy) is 3. The van der Waals surface area contributed by atoms with Gasteiger partial charge in [-0.15, -0.1) is 0 Å². The summed E-state index contributed by atoms with van der Waals surface area (Å²) in [5.41, 5.74) is 2.49. The number of nitrogens with one attached hydrogen (secondary N) is 1. The molecule has 1 unspecified atom stereocenters. The van der Waals surface area contributed by atoms with Gasteiger partial charge in [0.05, 0.1) is 30.8 Å². The first-order valence-corrected chi connectivity index (χ1v) is 14.0. The number of rotatable bonds is 9. The maximum absolute atomic E-state index is 13.6. The van der Waals surface area contributed by atoms with Crippen molar-refractivity contribution in [2.75, 3.05) is 39.2 Å². The molecule has 2 aromatic heterocycles. The van der Waals surface area contributed by atoms with Crippen molar-refractivity contribution in [3.8, 4) is 11.5 Å². The van der Waals surface area contributed by atoms with Crippen LogP contribution >= 0.6 is 24.0 Å². The summed E-state index contributed by atoms with van der Waals surface area (Å²) in [5, 5.41) is 3.31. The summed E-state index contributed by atoms with van der Waals surface area (Å²) in [6.45, 7) is 3.57. The molecule has 2 saturated heterocycles. The number of carbonyl (C=O) groups excluding carboxylic acids is 1. The molecule has 5 rings (SSSR count). The summed E-state index contributed by atoms with van der Waals surface area (Å²) in [5.74, 6) is 1.47. The number of aromatic nitrogens is 2. The van der Waals surface area contributed by atoms with Crippen LogP contribution in [0.25, 0.3) is 11.7 Å². The molecule has 0 saturated carbocycles. The zero-order valence-electron chi connectivity index (χ0n) is 22.1. The van der Waals surface area contributed by atoms with Gasteiger partial charge in [0.25, 0.3) is 11.5 Å². The number of hydrogen-bond donors (Lipinski definition) is 1. The largest absolute Gasteiger partial charge is 0.493 e. The number of anilines is 1. The van der Waals surface area contributed by atoms with Gasteiger partial charge in [-0.25, -0.2) is 4.98 Å². The highest BCUT2D eigenvalue weighted by molar-refractivity contribution is 8.26. The molecule has 39 heavy (non-hydrogen) atoms. The number of methoxy groups -OCH3 is 2. The molecule has 1 amide bonds. The van der Waals surface area contributed by atoms with Crippen LogP contribution in [0.1, 0.15) is 29.5 Å². The van der Waals surface area contributed by atoms with E-state index in [0.717, 1.165) is 30.6 Å². The SMILES string of the molecule is COc1ccc(CCN2C(=O)/C(=C\c3c(NCC4CCCO4)nc4c(C)cccn4c3=O)SC2=S)cc1OC. The molecule has 1 atom stereocenters. The Morgan fingerprint density at radius 3 is 2.79 bits per heavy atom. The van der Waals surface area contributed by atoms with Crippen LogP contribution in [0.5, 0.6) is 11.5 Å². The van der Waals surface area contributed by atoms with Crippen LogP contribution in [0.3, 0.4) is 0 Å². The molecular formula is C28H30N4O5S2. The molecule has 3 aromatic rings. The Bertz CT molecular complexity index is 1510. The first-order chi connectivity index (χ1) is 18.9. The van der Waals surface area contributed by atoms with E-state index in [9.17, 15) is 9.59 Å². The third-order valence-electron chi connectivity index (χ3n) is 6.83. The molecule has 4 heterocycles. The van der Waals surface area contributed by atoms with Crippen molar-refractivity contribution < 1.29 is 19.0 Å². The molecule has 0 aliphatic carbocycles. The maximum atomic E-state index is 13.6. The Morgan fingerprint density at radius 1 is 1.23 bits per heavy atom. The summed E-state index contributed by atoms with van der Waals surface area (Å²) in [4.78, 5) is 33.7. The van der Waals surface area contributed by atoms with Crippen molar-refractivity contribution in [1.29, 1.82) is 0 Å². The lowest BCUT2D eigenvalue weighted by molar-refractivity contribution is -0.122. The fourth-order valence-electron chi connectivity index (χ4n) is 4.69. The van der Waals surface area contributed by atoms with Crippen LogP contribution in [-0.4, -0.2) is 64.5 Å². The van der Waals surface area contributed by atoms with Crippen molar-refractivity contribution >= 4 is 51.7 Å². The standard InChI is InChI=1S/C28H30N4O5S2/c1-17-6-4-11-31-25(17)30-24(29-16-19-7-5-13-37-19)20(26(31)33)15-23-27(34)32(28(38)39-23)12-10-18-8-9-21(35-2)22(14-18)36-3/h4,6,8-9,11,14-15,19,29H,5,7,10,12-13,16H2,1-3H3/b23-15+. The zero-order chi connectivity index (χ0) is 27.5. The number of fused-ring (bicyclic) bond motifs is 1. The van der Waals surface area contributed by atoms with E-state index in [1.807, 2.05) is 37.3 Å². The Hall–Kier alpha value is -3.41. The minimum absolute atomic E-state index is 0.0600. The van der Waals surface area contributed by atoms with E-state index in [4.69, 9.17) is 31.4 Å². The lowest BCUT2D eigenvalue weighted by Gasteiger charge is -2.16. The quantitative estimate of drug-likeness (QED) is 0.304. The predicted octanol–water partition coefficient (Wildman–Crippen LogP) is 4.05. The molecular weight excluding hydrogens is 536 g/mol. The monoisotopic (exact) mass is 566 g/mol. The number of hydrogen-bond acceptors (Lipinski definition) is 9. The van der Waals surface area contributed by atoms with Crippen molar-refractivity contribution in [2.45, 2.75) is 32.3 Å². The van der Waals surface area contributed by atoms with Crippen molar-refractivity contribution in [2.24, 2.45) is 0 Å². The fraction of sp³-hybridized carbons (Fsp3) is 0.357. The van der Waals surface area contributed by atoms with Gasteiger partial charge in [0.2, 0.25) is 0 Å². The molecule has 2 aliphatic rings. The number of aryl methyl sites for hydroxylation is 1. The van der Waals surface area contributed by atoms with E-state index in [-0.39, 0.29) is 17.6 Å². The minimum atomic E-state index is -0.255. The zero-order valence-corrected chi connectivity index (χ0v) is 23.7. The predicted molar refractivity (Wildman–Crippen MR) is 157 cm³/mol. The Morgan fingerprint density at radius 2 is 2.05 bits per heavy atom. The highest BCUT2D eigenvalue weighted by atomic mass is 32.2. The molecule has 2 fully saturated rings. The van der Waals surface area contributed by atoms with E-state index in [2.05, 4.69) is 5.32 Å². The maximum Gasteiger partial charge on any atom is 0.267 e. The van der Waals surface area contributed by atoms with Crippen LogP contribution in [0.2, 0.25) is 0 Å². The molecule has 1 aromatic carbocycles. The van der Waals surface area contributed by atoms with Crippen LogP contribution in [0, 0.1) is 6.92 Å². The third-order valence-corrected chi connectivity index (χ3v) is 8.20. The normalized spacial score (nSPS) is 18.4. The first-order valence-electron chi connectivity index (χ1n) is 12.7. The lowest BCUT2D eigenvalue weighted by Crippen LogP contribution is -2.30. The third kappa shape index (κ3) is 5.66. The summed E-state index contributed by atoms with van der Waals surface area (Å²) in [7, 11) is 3.18.